The van der Waals surface area contributed by atoms with Gasteiger partial charge in [-0.1, -0.05) is 56.2 Å². The van der Waals surface area contributed by atoms with Gasteiger partial charge in [0.1, 0.15) is 12.4 Å². The van der Waals surface area contributed by atoms with Crippen LogP contribution in [0.1, 0.15) is 43.4 Å². The minimum Gasteiger partial charge on any atom is -0.506 e. The molecule has 0 aliphatic rings. The minimum atomic E-state index is -2.88. The van der Waals surface area contributed by atoms with Gasteiger partial charge in [0.25, 0.3) is 5.92 Å². The predicted octanol–water partition coefficient (Wildman–Crippen LogP) is 4.47. The maximum absolute atomic E-state index is 13.0. The zero-order valence-corrected chi connectivity index (χ0v) is 19.0. The first-order chi connectivity index (χ1) is 15.8. The molecule has 6 nitrogen and oxygen atoms in total. The van der Waals surface area contributed by atoms with Crippen molar-refractivity contribution in [3.8, 4) is 5.75 Å². The molecule has 0 fully saturated rings. The zero-order valence-electron chi connectivity index (χ0n) is 19.0. The van der Waals surface area contributed by atoms with Crippen LogP contribution in [0.25, 0.3) is 10.9 Å². The number of fused-ring (bicyclic) bond motifs is 1. The van der Waals surface area contributed by atoms with Crippen LogP contribution in [0.15, 0.2) is 59.4 Å². The lowest BCUT2D eigenvalue weighted by atomic mass is 10.0. The summed E-state index contributed by atoms with van der Waals surface area (Å²) >= 11 is 0. The van der Waals surface area contributed by atoms with Crippen LogP contribution in [0.3, 0.4) is 0 Å². The highest BCUT2D eigenvalue weighted by Crippen LogP contribution is 2.29. The smallest absolute Gasteiger partial charge is 0.296 e. The van der Waals surface area contributed by atoms with Crippen LogP contribution in [-0.2, 0) is 10.7 Å². The highest BCUT2D eigenvalue weighted by atomic mass is 19.3. The topological polar surface area (TPSA) is 94.6 Å². The molecule has 1 unspecified atom stereocenters. The third-order valence-electron chi connectivity index (χ3n) is 5.08. The molecule has 0 saturated carbocycles. The highest BCUT2D eigenvalue weighted by Gasteiger charge is 2.30. The van der Waals surface area contributed by atoms with Gasteiger partial charge in [-0.05, 0) is 30.7 Å². The van der Waals surface area contributed by atoms with Crippen molar-refractivity contribution in [2.45, 2.75) is 38.2 Å². The molecule has 0 aliphatic heterocycles. The number of H-pyrrole nitrogens is 1. The minimum absolute atomic E-state index is 0.00755. The first-order valence-electron chi connectivity index (χ1n) is 11.0. The first-order valence-corrected chi connectivity index (χ1v) is 11.0. The third-order valence-corrected chi connectivity index (χ3v) is 5.08. The summed E-state index contributed by atoms with van der Waals surface area (Å²) in [5.41, 5.74) is 0.779. The van der Waals surface area contributed by atoms with E-state index in [4.69, 9.17) is 0 Å². The summed E-state index contributed by atoms with van der Waals surface area (Å²) in [6.07, 6.45) is 2.75. The van der Waals surface area contributed by atoms with Crippen molar-refractivity contribution in [2.24, 2.45) is 0 Å². The monoisotopic (exact) mass is 462 g/mol. The van der Waals surface area contributed by atoms with Gasteiger partial charge in [0.2, 0.25) is 5.56 Å². The van der Waals surface area contributed by atoms with Gasteiger partial charge >= 0.3 is 0 Å². The van der Waals surface area contributed by atoms with Crippen molar-refractivity contribution in [3.05, 3.63) is 76.1 Å². The predicted molar refractivity (Wildman–Crippen MR) is 126 cm³/mol. The van der Waals surface area contributed by atoms with Gasteiger partial charge < -0.3 is 25.3 Å². The maximum Gasteiger partial charge on any atom is 0.296 e. The van der Waals surface area contributed by atoms with Gasteiger partial charge in [0.05, 0.1) is 11.6 Å². The van der Waals surface area contributed by atoms with Crippen molar-refractivity contribution < 1.29 is 23.7 Å². The van der Waals surface area contributed by atoms with Gasteiger partial charge in [-0.15, -0.1) is 0 Å². The fourth-order valence-corrected chi connectivity index (χ4v) is 3.34. The average Bonchev–Trinajstić information content (AvgIpc) is 2.80. The molecule has 33 heavy (non-hydrogen) atoms. The van der Waals surface area contributed by atoms with Crippen LogP contribution < -0.4 is 10.9 Å². The number of rotatable bonds is 10. The lowest BCUT2D eigenvalue weighted by molar-refractivity contribution is -0.0697. The van der Waals surface area contributed by atoms with Crippen LogP contribution in [0.4, 0.5) is 8.78 Å². The third kappa shape index (κ3) is 7.92. The molecule has 1 atom stereocenters. The number of pyridine rings is 1. The van der Waals surface area contributed by atoms with E-state index in [1.807, 2.05) is 0 Å². The molecule has 0 spiro atoms. The number of halogens is 2. The van der Waals surface area contributed by atoms with Crippen molar-refractivity contribution in [1.82, 2.24) is 10.3 Å². The standard InChI is InChI=1S/C16H22N2O3.C9H10F2O/c1-2-3-4-9-17-10-14(20)11-5-7-13(19)16-12(11)6-8-15(21)18-16;1-12-7-9(10,11)8-5-3-2-4-6-8/h5-8,14,17,19-20H,2-4,9-10H2,1H3,(H,18,21);2-6H,7H2,1H3. The Balaban J connectivity index is 0.000000273. The summed E-state index contributed by atoms with van der Waals surface area (Å²) in [6, 6.07) is 13.8. The molecule has 1 aromatic heterocycles. The molecule has 8 heteroatoms. The number of alkyl halides is 2. The van der Waals surface area contributed by atoms with Crippen molar-refractivity contribution >= 4 is 10.9 Å². The van der Waals surface area contributed by atoms with Gasteiger partial charge in [-0.25, -0.2) is 0 Å². The number of aromatic hydroxyl groups is 1. The molecular formula is C25H32F2N2O4. The Bertz CT molecular complexity index is 1040. The van der Waals surface area contributed by atoms with E-state index in [2.05, 4.69) is 22.0 Å². The number of unbranched alkanes of at least 4 members (excludes halogenated alkanes) is 2. The Morgan fingerprint density at radius 1 is 1.09 bits per heavy atom. The molecule has 0 aliphatic carbocycles. The molecule has 0 saturated heterocycles. The number of phenolic OH excluding ortho intramolecular Hbond substituents is 1. The summed E-state index contributed by atoms with van der Waals surface area (Å²) < 4.78 is 30.5. The van der Waals surface area contributed by atoms with Gasteiger partial charge in [0, 0.05) is 30.7 Å². The number of phenols is 1. The van der Waals surface area contributed by atoms with Crippen LogP contribution >= 0.6 is 0 Å². The number of aliphatic hydroxyl groups excluding tert-OH is 1. The number of nitrogens with one attached hydrogen (secondary N) is 2. The molecular weight excluding hydrogens is 430 g/mol. The van der Waals surface area contributed by atoms with E-state index in [1.165, 1.54) is 44.2 Å². The summed E-state index contributed by atoms with van der Waals surface area (Å²) in [6.45, 7) is 2.90. The van der Waals surface area contributed by atoms with Crippen LogP contribution in [0, 0.1) is 0 Å². The highest BCUT2D eigenvalue weighted by molar-refractivity contribution is 5.87. The van der Waals surface area contributed by atoms with E-state index in [0.717, 1.165) is 13.0 Å². The number of hydrogen-bond donors (Lipinski definition) is 4. The summed E-state index contributed by atoms with van der Waals surface area (Å²) in [5.74, 6) is -2.87. The second-order valence-corrected chi connectivity index (χ2v) is 7.72. The fraction of sp³-hybridized carbons (Fsp3) is 0.400. The molecule has 3 rings (SSSR count). The SMILES string of the molecule is CCCCCNCC(O)c1ccc(O)c2[nH]c(=O)ccc12.COCC(F)(F)c1ccccc1. The summed E-state index contributed by atoms with van der Waals surface area (Å²) in [7, 11) is 1.26. The van der Waals surface area contributed by atoms with E-state index in [-0.39, 0.29) is 16.9 Å². The Kier molecular flexibility index (Phi) is 10.4. The molecule has 1 heterocycles. The number of aliphatic hydroxyl groups is 1. The quantitative estimate of drug-likeness (QED) is 0.334. The van der Waals surface area contributed by atoms with Gasteiger partial charge in [0.15, 0.2) is 0 Å². The van der Waals surface area contributed by atoms with Crippen molar-refractivity contribution in [1.29, 1.82) is 0 Å². The summed E-state index contributed by atoms with van der Waals surface area (Å²) in [5, 5.41) is 24.0. The van der Waals surface area contributed by atoms with E-state index in [1.54, 1.807) is 30.3 Å². The number of hydrogen-bond acceptors (Lipinski definition) is 5. The normalized spacial score (nSPS) is 12.3. The second-order valence-electron chi connectivity index (χ2n) is 7.72. The average molecular weight is 463 g/mol. The molecule has 0 bridgehead atoms. The van der Waals surface area contributed by atoms with Crippen molar-refractivity contribution in [3.63, 3.8) is 0 Å². The Labute approximate surface area is 192 Å². The largest absolute Gasteiger partial charge is 0.506 e. The Hall–Kier alpha value is -2.81. The van der Waals surface area contributed by atoms with E-state index >= 15 is 0 Å². The second kappa shape index (κ2) is 13.0. The number of benzene rings is 2. The van der Waals surface area contributed by atoms with E-state index < -0.39 is 18.6 Å². The Morgan fingerprint density at radius 3 is 2.48 bits per heavy atom. The molecule has 3 aromatic rings. The zero-order chi connectivity index (χ0) is 24.3. The van der Waals surface area contributed by atoms with Gasteiger partial charge in [-0.2, -0.15) is 8.78 Å². The molecule has 0 amide bonds. The molecule has 4 N–H and O–H groups in total. The lowest BCUT2D eigenvalue weighted by Crippen LogP contribution is -2.22. The van der Waals surface area contributed by atoms with Gasteiger partial charge in [-0.3, -0.25) is 4.79 Å². The van der Waals surface area contributed by atoms with Crippen LogP contribution in [0.2, 0.25) is 0 Å². The fourth-order valence-electron chi connectivity index (χ4n) is 3.34. The van der Waals surface area contributed by atoms with Crippen LogP contribution in [0.5, 0.6) is 5.75 Å². The van der Waals surface area contributed by atoms with E-state index in [0.29, 0.717) is 23.0 Å². The van der Waals surface area contributed by atoms with Crippen molar-refractivity contribution in [2.75, 3.05) is 26.8 Å². The number of methoxy groups -OCH3 is 1. The number of ether oxygens (including phenoxy) is 1. The molecule has 2 aromatic carbocycles. The first kappa shape index (κ1) is 26.4. The molecule has 0 radical (unpaired) electrons. The lowest BCUT2D eigenvalue weighted by Gasteiger charge is -2.15. The summed E-state index contributed by atoms with van der Waals surface area (Å²) in [4.78, 5) is 13.9. The van der Waals surface area contributed by atoms with Crippen LogP contribution in [-0.4, -0.2) is 42.0 Å². The molecule has 180 valence electrons. The number of aromatic amines is 1. The maximum atomic E-state index is 13.0. The van der Waals surface area contributed by atoms with E-state index in [9.17, 15) is 23.8 Å². The number of aromatic nitrogens is 1. The Morgan fingerprint density at radius 2 is 1.82 bits per heavy atom.